The second kappa shape index (κ2) is 8.65. The second-order valence-electron chi connectivity index (χ2n) is 3.46. The Morgan fingerprint density at radius 1 is 1.29 bits per heavy atom. The fourth-order valence-electron chi connectivity index (χ4n) is 1.27. The van der Waals surface area contributed by atoms with Crippen LogP contribution in [0.5, 0.6) is 5.75 Å². The number of benzene rings is 1. The minimum absolute atomic E-state index is 0. The van der Waals surface area contributed by atoms with E-state index in [1.54, 1.807) is 24.3 Å². The molecule has 0 amide bonds. The lowest BCUT2D eigenvalue weighted by atomic mass is 10.2. The highest BCUT2D eigenvalue weighted by Crippen LogP contribution is 2.12. The third kappa shape index (κ3) is 5.97. The number of hydrogen-bond donors (Lipinski definition) is 1. The number of hydrogen-bond acceptors (Lipinski definition) is 2. The molecule has 0 aliphatic heterocycles. The van der Waals surface area contributed by atoms with E-state index in [0.29, 0.717) is 12.4 Å². The van der Waals surface area contributed by atoms with E-state index in [9.17, 15) is 4.79 Å². The van der Waals surface area contributed by atoms with Gasteiger partial charge in [0.1, 0.15) is 5.75 Å². The van der Waals surface area contributed by atoms with Crippen molar-refractivity contribution >= 4 is 18.4 Å². The van der Waals surface area contributed by atoms with Crippen molar-refractivity contribution in [3.63, 3.8) is 0 Å². The van der Waals surface area contributed by atoms with E-state index < -0.39 is 5.97 Å². The Morgan fingerprint density at radius 3 is 2.47 bits per heavy atom. The van der Waals surface area contributed by atoms with E-state index in [1.165, 1.54) is 0 Å². The van der Waals surface area contributed by atoms with Gasteiger partial charge in [-0.05, 0) is 43.5 Å². The zero-order valence-electron chi connectivity index (χ0n) is 9.59. The summed E-state index contributed by atoms with van der Waals surface area (Å²) in [5, 5.41) is 8.70. The summed E-state index contributed by atoms with van der Waals surface area (Å²) in [7, 11) is 0. The standard InChI is InChI=1S/C13H16O3.ClH/c1-2-3-4-5-10-16-12-8-6-11(7-9-12)13(14)15;/h2,6-9H,1,3-5,10H2,(H,14,15);1H. The summed E-state index contributed by atoms with van der Waals surface area (Å²) in [6.07, 6.45) is 4.94. The summed E-state index contributed by atoms with van der Waals surface area (Å²) >= 11 is 0. The molecule has 1 N–H and O–H groups in total. The van der Waals surface area contributed by atoms with E-state index >= 15 is 0 Å². The van der Waals surface area contributed by atoms with Gasteiger partial charge in [-0.1, -0.05) is 6.08 Å². The molecule has 0 fully saturated rings. The number of unbranched alkanes of at least 4 members (excludes halogenated alkanes) is 2. The number of halogens is 1. The highest BCUT2D eigenvalue weighted by molar-refractivity contribution is 5.87. The molecule has 0 atom stereocenters. The van der Waals surface area contributed by atoms with Crippen LogP contribution in [0.1, 0.15) is 29.6 Å². The van der Waals surface area contributed by atoms with E-state index in [1.807, 2.05) is 6.08 Å². The summed E-state index contributed by atoms with van der Waals surface area (Å²) in [4.78, 5) is 10.6. The van der Waals surface area contributed by atoms with Gasteiger partial charge in [0, 0.05) is 0 Å². The first-order valence-corrected chi connectivity index (χ1v) is 5.31. The van der Waals surface area contributed by atoms with Crippen molar-refractivity contribution in [3.8, 4) is 5.75 Å². The Morgan fingerprint density at radius 2 is 1.94 bits per heavy atom. The lowest BCUT2D eigenvalue weighted by molar-refractivity contribution is 0.0697. The Labute approximate surface area is 108 Å². The predicted molar refractivity (Wildman–Crippen MR) is 70.2 cm³/mol. The predicted octanol–water partition coefficient (Wildman–Crippen LogP) is 3.54. The summed E-state index contributed by atoms with van der Waals surface area (Å²) < 4.78 is 5.46. The number of aromatic carboxylic acids is 1. The van der Waals surface area contributed by atoms with Crippen LogP contribution in [0, 0.1) is 0 Å². The molecular formula is C13H17ClO3. The van der Waals surface area contributed by atoms with Crippen LogP contribution in [0.25, 0.3) is 0 Å². The van der Waals surface area contributed by atoms with Gasteiger partial charge in [-0.15, -0.1) is 19.0 Å². The molecule has 94 valence electrons. The molecule has 0 aliphatic carbocycles. The maximum atomic E-state index is 10.6. The number of carboxylic acids is 1. The maximum absolute atomic E-state index is 10.6. The van der Waals surface area contributed by atoms with Gasteiger partial charge in [-0.3, -0.25) is 0 Å². The van der Waals surface area contributed by atoms with E-state index in [2.05, 4.69) is 6.58 Å². The molecule has 0 saturated carbocycles. The van der Waals surface area contributed by atoms with Crippen molar-refractivity contribution in [2.24, 2.45) is 0 Å². The van der Waals surface area contributed by atoms with Crippen molar-refractivity contribution < 1.29 is 14.6 Å². The molecule has 0 bridgehead atoms. The Balaban J connectivity index is 0.00000256. The van der Waals surface area contributed by atoms with Crippen molar-refractivity contribution in [3.05, 3.63) is 42.5 Å². The topological polar surface area (TPSA) is 46.5 Å². The van der Waals surface area contributed by atoms with Gasteiger partial charge < -0.3 is 9.84 Å². The molecule has 0 aliphatic rings. The SMILES string of the molecule is C=CCCCCOc1ccc(C(=O)O)cc1.Cl. The number of carbonyl (C=O) groups is 1. The fourth-order valence-corrected chi connectivity index (χ4v) is 1.27. The maximum Gasteiger partial charge on any atom is 0.335 e. The van der Waals surface area contributed by atoms with Gasteiger partial charge in [0.25, 0.3) is 0 Å². The van der Waals surface area contributed by atoms with Gasteiger partial charge in [0.05, 0.1) is 12.2 Å². The molecule has 0 heterocycles. The molecule has 0 saturated heterocycles. The van der Waals surface area contributed by atoms with Crippen molar-refractivity contribution in [1.82, 2.24) is 0 Å². The zero-order valence-corrected chi connectivity index (χ0v) is 10.4. The molecule has 17 heavy (non-hydrogen) atoms. The van der Waals surface area contributed by atoms with Crippen LogP contribution in [0.15, 0.2) is 36.9 Å². The molecule has 1 aromatic rings. The van der Waals surface area contributed by atoms with Crippen molar-refractivity contribution in [1.29, 1.82) is 0 Å². The van der Waals surface area contributed by atoms with E-state index in [-0.39, 0.29) is 18.0 Å². The molecule has 1 aromatic carbocycles. The molecular weight excluding hydrogens is 240 g/mol. The number of rotatable bonds is 7. The minimum Gasteiger partial charge on any atom is -0.494 e. The first kappa shape index (κ1) is 15.5. The summed E-state index contributed by atoms with van der Waals surface area (Å²) in [6.45, 7) is 4.30. The van der Waals surface area contributed by atoms with Crippen LogP contribution in [0.2, 0.25) is 0 Å². The lowest BCUT2D eigenvalue weighted by Crippen LogP contribution is -1.99. The van der Waals surface area contributed by atoms with Gasteiger partial charge in [-0.2, -0.15) is 0 Å². The average molecular weight is 257 g/mol. The first-order chi connectivity index (χ1) is 7.74. The van der Waals surface area contributed by atoms with Crippen LogP contribution in [0.3, 0.4) is 0 Å². The van der Waals surface area contributed by atoms with Crippen molar-refractivity contribution in [2.75, 3.05) is 6.61 Å². The lowest BCUT2D eigenvalue weighted by Gasteiger charge is -2.05. The van der Waals surface area contributed by atoms with Gasteiger partial charge in [-0.25, -0.2) is 4.79 Å². The van der Waals surface area contributed by atoms with Crippen molar-refractivity contribution in [2.45, 2.75) is 19.3 Å². The van der Waals surface area contributed by atoms with Crippen LogP contribution < -0.4 is 4.74 Å². The molecule has 0 radical (unpaired) electrons. The smallest absolute Gasteiger partial charge is 0.335 e. The molecule has 0 unspecified atom stereocenters. The normalized spacial score (nSPS) is 9.18. The van der Waals surface area contributed by atoms with E-state index in [0.717, 1.165) is 19.3 Å². The third-order valence-corrected chi connectivity index (χ3v) is 2.17. The fraction of sp³-hybridized carbons (Fsp3) is 0.308. The number of carboxylic acid groups (broad SMARTS) is 1. The molecule has 1 rings (SSSR count). The highest BCUT2D eigenvalue weighted by atomic mass is 35.5. The van der Waals surface area contributed by atoms with Gasteiger partial charge in [0.15, 0.2) is 0 Å². The molecule has 0 aromatic heterocycles. The Kier molecular flexibility index (Phi) is 7.89. The minimum atomic E-state index is -0.919. The quantitative estimate of drug-likeness (QED) is 0.600. The zero-order chi connectivity index (χ0) is 11.8. The average Bonchev–Trinajstić information content (AvgIpc) is 2.29. The van der Waals surface area contributed by atoms with Crippen LogP contribution in [-0.2, 0) is 0 Å². The van der Waals surface area contributed by atoms with Gasteiger partial charge >= 0.3 is 5.97 Å². The Hall–Kier alpha value is -1.48. The first-order valence-electron chi connectivity index (χ1n) is 5.31. The third-order valence-electron chi connectivity index (χ3n) is 2.17. The largest absolute Gasteiger partial charge is 0.494 e. The van der Waals surface area contributed by atoms with Crippen LogP contribution in [-0.4, -0.2) is 17.7 Å². The summed E-state index contributed by atoms with van der Waals surface area (Å²) in [6, 6.07) is 6.44. The highest BCUT2D eigenvalue weighted by Gasteiger charge is 2.01. The summed E-state index contributed by atoms with van der Waals surface area (Å²) in [5.41, 5.74) is 0.277. The molecule has 4 heteroatoms. The van der Waals surface area contributed by atoms with Gasteiger partial charge in [0.2, 0.25) is 0 Å². The monoisotopic (exact) mass is 256 g/mol. The summed E-state index contributed by atoms with van der Waals surface area (Å²) in [5.74, 6) is -0.207. The van der Waals surface area contributed by atoms with Crippen LogP contribution >= 0.6 is 12.4 Å². The second-order valence-corrected chi connectivity index (χ2v) is 3.46. The molecule has 3 nitrogen and oxygen atoms in total. The van der Waals surface area contributed by atoms with Crippen LogP contribution in [0.4, 0.5) is 0 Å². The Bertz CT molecular complexity index is 346. The molecule has 0 spiro atoms. The number of allylic oxidation sites excluding steroid dienone is 1. The number of ether oxygens (including phenoxy) is 1. The van der Waals surface area contributed by atoms with E-state index in [4.69, 9.17) is 9.84 Å².